The molecule has 3 rings (SSSR count). The first-order valence-electron chi connectivity index (χ1n) is 7.65. The van der Waals surface area contributed by atoms with E-state index in [0.29, 0.717) is 0 Å². The van der Waals surface area contributed by atoms with Crippen molar-refractivity contribution >= 4 is 0 Å². The van der Waals surface area contributed by atoms with Crippen LogP contribution in [0.2, 0.25) is 0 Å². The minimum Gasteiger partial charge on any atom is -0.493 e. The molecule has 0 fully saturated rings. The molecule has 1 N–H and O–H groups in total. The number of aryl methyl sites for hydroxylation is 2. The summed E-state index contributed by atoms with van der Waals surface area (Å²) in [5.41, 5.74) is 4.70. The molecule has 0 bridgehead atoms. The highest BCUT2D eigenvalue weighted by molar-refractivity contribution is 5.40. The number of nitrogens with one attached hydrogen (secondary N) is 1. The van der Waals surface area contributed by atoms with Gasteiger partial charge >= 0.3 is 0 Å². The van der Waals surface area contributed by atoms with Crippen LogP contribution in [-0.4, -0.2) is 23.5 Å². The zero-order chi connectivity index (χ0) is 15.7. The summed E-state index contributed by atoms with van der Waals surface area (Å²) in [4.78, 5) is 0. The van der Waals surface area contributed by atoms with Gasteiger partial charge in [-0.05, 0) is 31.0 Å². The molecule has 0 saturated carbocycles. The molecule has 1 aliphatic heterocycles. The molecule has 5 nitrogen and oxygen atoms in total. The van der Waals surface area contributed by atoms with E-state index in [2.05, 4.69) is 35.5 Å². The number of ether oxygens (including phenoxy) is 2. The third-order valence-corrected chi connectivity index (χ3v) is 4.28. The van der Waals surface area contributed by atoms with Crippen LogP contribution >= 0.6 is 0 Å². The van der Waals surface area contributed by atoms with Crippen molar-refractivity contribution < 1.29 is 9.47 Å². The van der Waals surface area contributed by atoms with E-state index in [-0.39, 0.29) is 6.04 Å². The molecule has 0 unspecified atom stereocenters. The molecule has 1 aliphatic rings. The van der Waals surface area contributed by atoms with Gasteiger partial charge in [-0.15, -0.1) is 0 Å². The molecule has 0 spiro atoms. The fourth-order valence-electron chi connectivity index (χ4n) is 2.99. The van der Waals surface area contributed by atoms with E-state index in [1.165, 1.54) is 11.1 Å². The Labute approximate surface area is 131 Å². The smallest absolute Gasteiger partial charge is 0.216 e. The molecule has 1 aromatic carbocycles. The first-order chi connectivity index (χ1) is 10.6. The van der Waals surface area contributed by atoms with E-state index in [9.17, 15) is 0 Å². The van der Waals surface area contributed by atoms with Gasteiger partial charge in [0.2, 0.25) is 5.88 Å². The van der Waals surface area contributed by atoms with Gasteiger partial charge in [-0.1, -0.05) is 12.1 Å². The Balaban J connectivity index is 1.71. The summed E-state index contributed by atoms with van der Waals surface area (Å²) in [6, 6.07) is 6.71. The monoisotopic (exact) mass is 301 g/mol. The van der Waals surface area contributed by atoms with Crippen LogP contribution in [0.1, 0.15) is 35.3 Å². The molecule has 2 aromatic rings. The lowest BCUT2D eigenvalue weighted by molar-refractivity contribution is 0.356. The van der Waals surface area contributed by atoms with Gasteiger partial charge in [0.25, 0.3) is 0 Å². The zero-order valence-corrected chi connectivity index (χ0v) is 13.6. The molecule has 22 heavy (non-hydrogen) atoms. The van der Waals surface area contributed by atoms with Crippen LogP contribution in [-0.2, 0) is 20.0 Å². The summed E-state index contributed by atoms with van der Waals surface area (Å²) in [6.07, 6.45) is 1.01. The molecule has 0 saturated heterocycles. The van der Waals surface area contributed by atoms with Crippen molar-refractivity contribution in [1.29, 1.82) is 0 Å². The molecule has 2 heterocycles. The van der Waals surface area contributed by atoms with E-state index < -0.39 is 0 Å². The van der Waals surface area contributed by atoms with Gasteiger partial charge in [0.1, 0.15) is 5.75 Å². The molecule has 0 amide bonds. The van der Waals surface area contributed by atoms with Crippen LogP contribution in [0.4, 0.5) is 0 Å². The molecule has 1 atom stereocenters. The van der Waals surface area contributed by atoms with Crippen molar-refractivity contribution in [3.05, 3.63) is 40.6 Å². The highest BCUT2D eigenvalue weighted by Crippen LogP contribution is 2.28. The molecule has 118 valence electrons. The number of nitrogens with zero attached hydrogens (tertiary/aromatic N) is 2. The zero-order valence-electron chi connectivity index (χ0n) is 13.6. The lowest BCUT2D eigenvalue weighted by Gasteiger charge is -2.15. The minimum atomic E-state index is 0.259. The van der Waals surface area contributed by atoms with Crippen LogP contribution in [0.3, 0.4) is 0 Å². The van der Waals surface area contributed by atoms with Crippen molar-refractivity contribution in [3.63, 3.8) is 0 Å². The molecular formula is C17H23N3O2. The maximum absolute atomic E-state index is 5.56. The van der Waals surface area contributed by atoms with E-state index >= 15 is 0 Å². The summed E-state index contributed by atoms with van der Waals surface area (Å²) in [5.74, 6) is 1.85. The van der Waals surface area contributed by atoms with E-state index in [4.69, 9.17) is 9.47 Å². The summed E-state index contributed by atoms with van der Waals surface area (Å²) in [5, 5.41) is 7.98. The minimum absolute atomic E-state index is 0.259. The Hall–Kier alpha value is -2.01. The van der Waals surface area contributed by atoms with Gasteiger partial charge in [-0.25, -0.2) is 4.68 Å². The summed E-state index contributed by atoms with van der Waals surface area (Å²) < 4.78 is 12.8. The second-order valence-corrected chi connectivity index (χ2v) is 5.77. The van der Waals surface area contributed by atoms with Crippen LogP contribution in [0.15, 0.2) is 18.2 Å². The third-order valence-electron chi connectivity index (χ3n) is 4.28. The first kappa shape index (κ1) is 14.9. The Morgan fingerprint density at radius 1 is 1.45 bits per heavy atom. The normalized spacial score (nSPS) is 14.5. The number of rotatable bonds is 5. The predicted octanol–water partition coefficient (Wildman–Crippen LogP) is 2.52. The standard InChI is InChI=1S/C17H23N3O2/c1-11(13-5-6-16-14(9-13)7-8-22-16)18-10-15-12(2)19-20(3)17(15)21-4/h5-6,9,11,18H,7-8,10H2,1-4H3/t11-/m1/s1. The summed E-state index contributed by atoms with van der Waals surface area (Å²) >= 11 is 0. The Kier molecular flexibility index (Phi) is 4.07. The summed E-state index contributed by atoms with van der Waals surface area (Å²) in [7, 11) is 3.59. The average Bonchev–Trinajstić information content (AvgIpc) is 3.07. The van der Waals surface area contributed by atoms with E-state index in [0.717, 1.165) is 42.5 Å². The number of aromatic nitrogens is 2. The second kappa shape index (κ2) is 6.01. The topological polar surface area (TPSA) is 48.3 Å². The Bertz CT molecular complexity index is 679. The Morgan fingerprint density at radius 2 is 2.27 bits per heavy atom. The highest BCUT2D eigenvalue weighted by Gasteiger charge is 2.17. The summed E-state index contributed by atoms with van der Waals surface area (Å²) in [6.45, 7) is 5.72. The first-order valence-corrected chi connectivity index (χ1v) is 7.65. The molecule has 5 heteroatoms. The predicted molar refractivity (Wildman–Crippen MR) is 85.4 cm³/mol. The number of hydrogen-bond acceptors (Lipinski definition) is 4. The highest BCUT2D eigenvalue weighted by atomic mass is 16.5. The molecular weight excluding hydrogens is 278 g/mol. The maximum Gasteiger partial charge on any atom is 0.216 e. The molecule has 1 aromatic heterocycles. The number of benzene rings is 1. The fourth-order valence-corrected chi connectivity index (χ4v) is 2.99. The van der Waals surface area contributed by atoms with Crippen LogP contribution in [0, 0.1) is 6.92 Å². The van der Waals surface area contributed by atoms with Crippen molar-refractivity contribution in [2.45, 2.75) is 32.9 Å². The van der Waals surface area contributed by atoms with Gasteiger partial charge in [-0.2, -0.15) is 5.10 Å². The maximum atomic E-state index is 5.56. The van der Waals surface area contributed by atoms with Crippen LogP contribution < -0.4 is 14.8 Å². The van der Waals surface area contributed by atoms with Crippen LogP contribution in [0.5, 0.6) is 11.6 Å². The van der Waals surface area contributed by atoms with Gasteiger partial charge in [0.05, 0.1) is 25.0 Å². The average molecular weight is 301 g/mol. The van der Waals surface area contributed by atoms with Crippen molar-refractivity contribution in [1.82, 2.24) is 15.1 Å². The fraction of sp³-hybridized carbons (Fsp3) is 0.471. The van der Waals surface area contributed by atoms with Crippen LogP contribution in [0.25, 0.3) is 0 Å². The van der Waals surface area contributed by atoms with Crippen molar-refractivity contribution in [2.24, 2.45) is 7.05 Å². The number of methoxy groups -OCH3 is 1. The third kappa shape index (κ3) is 2.68. The van der Waals surface area contributed by atoms with Gasteiger partial charge < -0.3 is 14.8 Å². The second-order valence-electron chi connectivity index (χ2n) is 5.77. The van der Waals surface area contributed by atoms with E-state index in [1.54, 1.807) is 11.8 Å². The lowest BCUT2D eigenvalue weighted by Crippen LogP contribution is -2.19. The Morgan fingerprint density at radius 3 is 3.05 bits per heavy atom. The van der Waals surface area contributed by atoms with E-state index in [1.807, 2.05) is 14.0 Å². The van der Waals surface area contributed by atoms with Crippen molar-refractivity contribution in [3.8, 4) is 11.6 Å². The lowest BCUT2D eigenvalue weighted by atomic mass is 10.0. The molecule has 0 radical (unpaired) electrons. The largest absolute Gasteiger partial charge is 0.493 e. The van der Waals surface area contributed by atoms with Gasteiger partial charge in [0.15, 0.2) is 0 Å². The van der Waals surface area contributed by atoms with Gasteiger partial charge in [-0.3, -0.25) is 0 Å². The van der Waals surface area contributed by atoms with Gasteiger partial charge in [0, 0.05) is 26.1 Å². The van der Waals surface area contributed by atoms with Crippen molar-refractivity contribution in [2.75, 3.05) is 13.7 Å². The SMILES string of the molecule is COc1c(CN[C@H](C)c2ccc3c(c2)CCO3)c(C)nn1C. The molecule has 0 aliphatic carbocycles. The number of fused-ring (bicyclic) bond motifs is 1. The number of hydrogen-bond donors (Lipinski definition) is 1. The quantitative estimate of drug-likeness (QED) is 0.922.